The zero-order chi connectivity index (χ0) is 14.9. The molecule has 1 saturated heterocycles. The number of amides is 2. The molecule has 1 aliphatic rings. The summed E-state index contributed by atoms with van der Waals surface area (Å²) in [4.78, 5) is 27.7. The molecule has 5 nitrogen and oxygen atoms in total. The third-order valence-electron chi connectivity index (χ3n) is 3.12. The van der Waals surface area contributed by atoms with Gasteiger partial charge in [0.15, 0.2) is 0 Å². The third-order valence-corrected chi connectivity index (χ3v) is 3.12. The van der Waals surface area contributed by atoms with Crippen LogP contribution < -0.4 is 5.73 Å². The number of rotatable bonds is 3. The smallest absolute Gasteiger partial charge is 0.369 e. The Morgan fingerprint density at radius 3 is 2.60 bits per heavy atom. The van der Waals surface area contributed by atoms with Gasteiger partial charge in [-0.25, -0.2) is 0 Å². The molecular weight excluding hydrogens is 275 g/mol. The Morgan fingerprint density at radius 2 is 2.15 bits per heavy atom. The van der Waals surface area contributed by atoms with Crippen molar-refractivity contribution in [3.63, 3.8) is 0 Å². The molecule has 1 aromatic heterocycles. The van der Waals surface area contributed by atoms with Crippen molar-refractivity contribution < 1.29 is 22.8 Å². The van der Waals surface area contributed by atoms with E-state index in [1.54, 1.807) is 0 Å². The first-order chi connectivity index (χ1) is 9.27. The summed E-state index contributed by atoms with van der Waals surface area (Å²) in [5.74, 6) is -1.35. The van der Waals surface area contributed by atoms with Gasteiger partial charge in [0.1, 0.15) is 0 Å². The Kier molecular flexibility index (Phi) is 3.65. The van der Waals surface area contributed by atoms with Crippen LogP contribution in [0.15, 0.2) is 18.3 Å². The number of hydrogen-bond acceptors (Lipinski definition) is 3. The molecule has 1 fully saturated rings. The van der Waals surface area contributed by atoms with Crippen molar-refractivity contribution in [3.05, 3.63) is 29.6 Å². The van der Waals surface area contributed by atoms with Crippen LogP contribution in [0, 0.1) is 5.92 Å². The molecule has 2 N–H and O–H groups in total. The Morgan fingerprint density at radius 1 is 1.45 bits per heavy atom. The fraction of sp³-hybridized carbons (Fsp3) is 0.417. The minimum absolute atomic E-state index is 0.0377. The van der Waals surface area contributed by atoms with E-state index in [1.807, 2.05) is 0 Å². The first-order valence-electron chi connectivity index (χ1n) is 5.86. The van der Waals surface area contributed by atoms with Gasteiger partial charge >= 0.3 is 6.18 Å². The summed E-state index contributed by atoms with van der Waals surface area (Å²) in [6, 6.07) is 2.13. The average Bonchev–Trinajstić information content (AvgIpc) is 2.71. The summed E-state index contributed by atoms with van der Waals surface area (Å²) in [6.07, 6.45) is -3.68. The quantitative estimate of drug-likeness (QED) is 0.898. The predicted molar refractivity (Wildman–Crippen MR) is 62.0 cm³/mol. The Balaban J connectivity index is 2.04. The second-order valence-electron chi connectivity index (χ2n) is 4.61. The number of pyridine rings is 1. The standard InChI is InChI=1S/C12H12F3N3O2/c13-12(14,15)8-1-2-9(17-4-8)6-18-5-7(11(16)20)3-10(18)19/h1-2,4,7H,3,5-6H2,(H2,16,20). The number of nitrogens with zero attached hydrogens (tertiary/aromatic N) is 2. The zero-order valence-corrected chi connectivity index (χ0v) is 10.4. The van der Waals surface area contributed by atoms with Crippen LogP contribution in [0.1, 0.15) is 17.7 Å². The molecule has 108 valence electrons. The lowest BCUT2D eigenvalue weighted by molar-refractivity contribution is -0.138. The maximum absolute atomic E-state index is 12.4. The molecule has 2 amide bonds. The highest BCUT2D eigenvalue weighted by atomic mass is 19.4. The van der Waals surface area contributed by atoms with Crippen LogP contribution in [-0.2, 0) is 22.3 Å². The van der Waals surface area contributed by atoms with E-state index in [4.69, 9.17) is 5.73 Å². The maximum atomic E-state index is 12.4. The fourth-order valence-corrected chi connectivity index (χ4v) is 2.00. The highest BCUT2D eigenvalue weighted by molar-refractivity contribution is 5.88. The van der Waals surface area contributed by atoms with E-state index in [0.29, 0.717) is 5.69 Å². The molecule has 20 heavy (non-hydrogen) atoms. The number of halogens is 3. The predicted octanol–water partition coefficient (Wildman–Crippen LogP) is 0.934. The first-order valence-corrected chi connectivity index (χ1v) is 5.86. The average molecular weight is 287 g/mol. The highest BCUT2D eigenvalue weighted by Gasteiger charge is 2.34. The summed E-state index contributed by atoms with van der Waals surface area (Å²) < 4.78 is 37.1. The van der Waals surface area contributed by atoms with E-state index in [9.17, 15) is 22.8 Å². The van der Waals surface area contributed by atoms with Crippen LogP contribution in [0.2, 0.25) is 0 Å². The van der Waals surface area contributed by atoms with Gasteiger partial charge in [-0.3, -0.25) is 14.6 Å². The topological polar surface area (TPSA) is 76.3 Å². The summed E-state index contributed by atoms with van der Waals surface area (Å²) in [6.45, 7) is 0.248. The second-order valence-corrected chi connectivity index (χ2v) is 4.61. The summed E-state index contributed by atoms with van der Waals surface area (Å²) in [5, 5.41) is 0. The molecular formula is C12H12F3N3O2. The number of aromatic nitrogens is 1. The van der Waals surface area contributed by atoms with E-state index in [-0.39, 0.29) is 25.4 Å². The van der Waals surface area contributed by atoms with Gasteiger partial charge in [-0.2, -0.15) is 13.2 Å². The molecule has 0 spiro atoms. The highest BCUT2D eigenvalue weighted by Crippen LogP contribution is 2.28. The Bertz CT molecular complexity index is 528. The van der Waals surface area contributed by atoms with E-state index in [2.05, 4.69) is 4.98 Å². The van der Waals surface area contributed by atoms with Gasteiger partial charge in [0.2, 0.25) is 11.8 Å². The summed E-state index contributed by atoms with van der Waals surface area (Å²) in [7, 11) is 0. The molecule has 0 aliphatic carbocycles. The fourth-order valence-electron chi connectivity index (χ4n) is 2.00. The van der Waals surface area contributed by atoms with Gasteiger partial charge in [0.25, 0.3) is 0 Å². The van der Waals surface area contributed by atoms with Gasteiger partial charge in [-0.1, -0.05) is 0 Å². The number of alkyl halides is 3. The SMILES string of the molecule is NC(=O)C1CC(=O)N(Cc2ccc(C(F)(F)F)cn2)C1. The van der Waals surface area contributed by atoms with Crippen molar-refractivity contribution in [2.24, 2.45) is 11.7 Å². The van der Waals surface area contributed by atoms with Gasteiger partial charge in [-0.15, -0.1) is 0 Å². The minimum Gasteiger partial charge on any atom is -0.369 e. The van der Waals surface area contributed by atoms with Crippen LogP contribution in [0.25, 0.3) is 0 Å². The largest absolute Gasteiger partial charge is 0.417 e. The van der Waals surface area contributed by atoms with Crippen molar-refractivity contribution >= 4 is 11.8 Å². The summed E-state index contributed by atoms with van der Waals surface area (Å²) >= 11 is 0. The van der Waals surface area contributed by atoms with Gasteiger partial charge < -0.3 is 10.6 Å². The molecule has 0 radical (unpaired) electrons. The van der Waals surface area contributed by atoms with Crippen LogP contribution in [0.5, 0.6) is 0 Å². The van der Waals surface area contributed by atoms with Gasteiger partial charge in [0, 0.05) is 19.2 Å². The maximum Gasteiger partial charge on any atom is 0.417 e. The lowest BCUT2D eigenvalue weighted by Crippen LogP contribution is -2.28. The molecule has 0 bridgehead atoms. The normalized spacial score (nSPS) is 19.4. The number of hydrogen-bond donors (Lipinski definition) is 1. The summed E-state index contributed by atoms with van der Waals surface area (Å²) in [5.41, 5.74) is 4.61. The van der Waals surface area contributed by atoms with Crippen LogP contribution >= 0.6 is 0 Å². The number of carbonyl (C=O) groups excluding carboxylic acids is 2. The molecule has 1 aliphatic heterocycles. The second kappa shape index (κ2) is 5.10. The Hall–Kier alpha value is -2.12. The lowest BCUT2D eigenvalue weighted by Gasteiger charge is -2.16. The molecule has 0 aromatic carbocycles. The molecule has 2 heterocycles. The van der Waals surface area contributed by atoms with E-state index >= 15 is 0 Å². The van der Waals surface area contributed by atoms with Gasteiger partial charge in [0.05, 0.1) is 23.7 Å². The molecule has 1 atom stereocenters. The molecule has 8 heteroatoms. The number of nitrogens with two attached hydrogens (primary N) is 1. The number of likely N-dealkylation sites (tertiary alicyclic amines) is 1. The van der Waals surface area contributed by atoms with Crippen LogP contribution in [0.4, 0.5) is 13.2 Å². The van der Waals surface area contributed by atoms with Crippen molar-refractivity contribution in [2.75, 3.05) is 6.54 Å². The zero-order valence-electron chi connectivity index (χ0n) is 10.4. The van der Waals surface area contributed by atoms with Crippen molar-refractivity contribution in [1.29, 1.82) is 0 Å². The molecule has 1 aromatic rings. The number of carbonyl (C=O) groups is 2. The van der Waals surface area contributed by atoms with Crippen molar-refractivity contribution in [2.45, 2.75) is 19.1 Å². The third kappa shape index (κ3) is 3.06. The van der Waals surface area contributed by atoms with Crippen LogP contribution in [-0.4, -0.2) is 28.2 Å². The molecule has 1 unspecified atom stereocenters. The monoisotopic (exact) mass is 287 g/mol. The molecule has 0 saturated carbocycles. The molecule has 2 rings (SSSR count). The van der Waals surface area contributed by atoms with E-state index < -0.39 is 23.6 Å². The van der Waals surface area contributed by atoms with Crippen LogP contribution in [0.3, 0.4) is 0 Å². The minimum atomic E-state index is -4.44. The van der Waals surface area contributed by atoms with Crippen molar-refractivity contribution in [1.82, 2.24) is 9.88 Å². The van der Waals surface area contributed by atoms with E-state index in [0.717, 1.165) is 12.3 Å². The Labute approximate surface area is 112 Å². The van der Waals surface area contributed by atoms with Crippen molar-refractivity contribution in [3.8, 4) is 0 Å². The van der Waals surface area contributed by atoms with Gasteiger partial charge in [-0.05, 0) is 12.1 Å². The lowest BCUT2D eigenvalue weighted by atomic mass is 10.1. The van der Waals surface area contributed by atoms with E-state index in [1.165, 1.54) is 11.0 Å². The first kappa shape index (κ1) is 14.3. The number of primary amides is 1.